The molecule has 1 amide bonds. The second-order valence-electron chi connectivity index (χ2n) is 4.81. The fourth-order valence-electron chi connectivity index (χ4n) is 1.68. The molecule has 100 valence electrons. The third-order valence-electron chi connectivity index (χ3n) is 2.51. The number of carbonyl (C=O) groups is 1. The Hall–Kier alpha value is -1.62. The van der Waals surface area contributed by atoms with Crippen LogP contribution in [0.2, 0.25) is 0 Å². The average Bonchev–Trinajstić information content (AvgIpc) is 2.34. The number of nitrogens with one attached hydrogen (secondary N) is 1. The summed E-state index contributed by atoms with van der Waals surface area (Å²) in [4.78, 5) is 18.0. The first-order valence-corrected chi connectivity index (χ1v) is 6.03. The highest BCUT2D eigenvalue weighted by Crippen LogP contribution is 2.12. The summed E-state index contributed by atoms with van der Waals surface area (Å²) in [6, 6.07) is 3.38. The van der Waals surface area contributed by atoms with Gasteiger partial charge in [-0.05, 0) is 32.9 Å². The minimum Gasteiger partial charge on any atom is -0.389 e. The normalized spacial score (nSPS) is 11.2. The number of amides is 1. The first-order chi connectivity index (χ1) is 8.37. The van der Waals surface area contributed by atoms with E-state index in [0.29, 0.717) is 24.5 Å². The number of aromatic nitrogens is 1. The molecular weight excluding hydrogens is 230 g/mol. The maximum Gasteiger partial charge on any atom is 0.254 e. The predicted octanol–water partition coefficient (Wildman–Crippen LogP) is 1.36. The van der Waals surface area contributed by atoms with E-state index in [2.05, 4.69) is 10.3 Å². The summed E-state index contributed by atoms with van der Waals surface area (Å²) in [6.45, 7) is 6.13. The Morgan fingerprint density at radius 2 is 2.22 bits per heavy atom. The lowest BCUT2D eigenvalue weighted by atomic mass is 10.1. The van der Waals surface area contributed by atoms with E-state index in [-0.39, 0.29) is 5.91 Å². The maximum absolute atomic E-state index is 12.3. The third-order valence-corrected chi connectivity index (χ3v) is 2.51. The van der Waals surface area contributed by atoms with Crippen molar-refractivity contribution in [2.24, 2.45) is 0 Å². The number of rotatable bonds is 5. The molecule has 2 N–H and O–H groups in total. The molecule has 0 unspecified atom stereocenters. The van der Waals surface area contributed by atoms with Gasteiger partial charge in [0.15, 0.2) is 0 Å². The van der Waals surface area contributed by atoms with Crippen LogP contribution in [-0.4, -0.2) is 46.6 Å². The van der Waals surface area contributed by atoms with E-state index in [1.807, 2.05) is 6.92 Å². The van der Waals surface area contributed by atoms with Crippen LogP contribution in [-0.2, 0) is 0 Å². The molecule has 0 saturated carbocycles. The molecule has 0 spiro atoms. The zero-order chi connectivity index (χ0) is 13.8. The van der Waals surface area contributed by atoms with Gasteiger partial charge in [0.2, 0.25) is 0 Å². The third kappa shape index (κ3) is 4.00. The molecule has 0 aromatic carbocycles. The number of pyridine rings is 1. The topological polar surface area (TPSA) is 65.5 Å². The summed E-state index contributed by atoms with van der Waals surface area (Å²) >= 11 is 0. The van der Waals surface area contributed by atoms with Gasteiger partial charge in [0.25, 0.3) is 5.91 Å². The monoisotopic (exact) mass is 251 g/mol. The minimum atomic E-state index is -0.898. The molecule has 1 heterocycles. The van der Waals surface area contributed by atoms with Gasteiger partial charge in [-0.15, -0.1) is 0 Å². The van der Waals surface area contributed by atoms with Crippen LogP contribution in [0.5, 0.6) is 0 Å². The van der Waals surface area contributed by atoms with Gasteiger partial charge in [0.05, 0.1) is 5.60 Å². The van der Waals surface area contributed by atoms with Crippen LogP contribution in [0, 0.1) is 0 Å². The highest BCUT2D eigenvalue weighted by molar-refractivity contribution is 5.94. The first kappa shape index (κ1) is 14.4. The Kier molecular flexibility index (Phi) is 4.67. The van der Waals surface area contributed by atoms with E-state index in [1.54, 1.807) is 44.1 Å². The molecule has 0 radical (unpaired) electrons. The summed E-state index contributed by atoms with van der Waals surface area (Å²) in [5, 5.41) is 12.7. The van der Waals surface area contributed by atoms with Crippen molar-refractivity contribution in [2.45, 2.75) is 26.4 Å². The Morgan fingerprint density at radius 1 is 1.56 bits per heavy atom. The molecule has 0 aliphatic carbocycles. The number of anilines is 1. The zero-order valence-electron chi connectivity index (χ0n) is 11.4. The van der Waals surface area contributed by atoms with Crippen molar-refractivity contribution in [3.8, 4) is 0 Å². The Bertz CT molecular complexity index is 413. The lowest BCUT2D eigenvalue weighted by Crippen LogP contribution is -2.42. The molecule has 5 heteroatoms. The molecule has 0 bridgehead atoms. The molecule has 0 atom stereocenters. The van der Waals surface area contributed by atoms with Gasteiger partial charge in [0, 0.05) is 31.9 Å². The first-order valence-electron chi connectivity index (χ1n) is 6.03. The van der Waals surface area contributed by atoms with E-state index >= 15 is 0 Å². The van der Waals surface area contributed by atoms with Crippen LogP contribution < -0.4 is 5.32 Å². The summed E-state index contributed by atoms with van der Waals surface area (Å²) in [7, 11) is 1.75. The van der Waals surface area contributed by atoms with E-state index in [9.17, 15) is 9.90 Å². The van der Waals surface area contributed by atoms with Crippen molar-refractivity contribution >= 4 is 11.7 Å². The van der Waals surface area contributed by atoms with Crippen molar-refractivity contribution in [3.63, 3.8) is 0 Å². The number of aliphatic hydroxyl groups is 1. The predicted molar refractivity (Wildman–Crippen MR) is 71.7 cm³/mol. The van der Waals surface area contributed by atoms with Crippen LogP contribution in [0.15, 0.2) is 18.3 Å². The Morgan fingerprint density at radius 3 is 2.72 bits per heavy atom. The highest BCUT2D eigenvalue weighted by Gasteiger charge is 2.22. The standard InChI is InChI=1S/C13H21N3O2/c1-5-16(9-13(2,3)18)12(17)10-6-7-15-11(8-10)14-4/h6-8,18H,5,9H2,1-4H3,(H,14,15). The second-order valence-corrected chi connectivity index (χ2v) is 4.81. The number of likely N-dealkylation sites (N-methyl/N-ethyl adjacent to an activating group) is 1. The molecule has 1 aromatic rings. The summed E-state index contributed by atoms with van der Waals surface area (Å²) in [6.07, 6.45) is 1.59. The molecule has 18 heavy (non-hydrogen) atoms. The smallest absolute Gasteiger partial charge is 0.254 e. The fourth-order valence-corrected chi connectivity index (χ4v) is 1.68. The van der Waals surface area contributed by atoms with Crippen LogP contribution in [0.4, 0.5) is 5.82 Å². The van der Waals surface area contributed by atoms with Gasteiger partial charge in [-0.3, -0.25) is 4.79 Å². The van der Waals surface area contributed by atoms with Gasteiger partial charge in [-0.25, -0.2) is 4.98 Å². The largest absolute Gasteiger partial charge is 0.389 e. The number of carbonyl (C=O) groups excluding carboxylic acids is 1. The second kappa shape index (κ2) is 5.82. The van der Waals surface area contributed by atoms with Crippen LogP contribution in [0.3, 0.4) is 0 Å². The number of hydrogen-bond acceptors (Lipinski definition) is 4. The van der Waals surface area contributed by atoms with Crippen molar-refractivity contribution in [1.29, 1.82) is 0 Å². The van der Waals surface area contributed by atoms with Gasteiger partial charge in [-0.2, -0.15) is 0 Å². The van der Waals surface area contributed by atoms with Crippen LogP contribution in [0.1, 0.15) is 31.1 Å². The minimum absolute atomic E-state index is 0.0986. The van der Waals surface area contributed by atoms with Crippen molar-refractivity contribution in [2.75, 3.05) is 25.5 Å². The Balaban J connectivity index is 2.89. The molecule has 0 aliphatic rings. The number of nitrogens with zero attached hydrogens (tertiary/aromatic N) is 2. The van der Waals surface area contributed by atoms with Gasteiger partial charge >= 0.3 is 0 Å². The fraction of sp³-hybridized carbons (Fsp3) is 0.538. The van der Waals surface area contributed by atoms with Crippen molar-refractivity contribution in [3.05, 3.63) is 23.9 Å². The molecule has 5 nitrogen and oxygen atoms in total. The van der Waals surface area contributed by atoms with E-state index in [0.717, 1.165) is 0 Å². The lowest BCUT2D eigenvalue weighted by Gasteiger charge is -2.28. The zero-order valence-corrected chi connectivity index (χ0v) is 11.4. The highest BCUT2D eigenvalue weighted by atomic mass is 16.3. The molecule has 0 aliphatic heterocycles. The van der Waals surface area contributed by atoms with Crippen LogP contribution >= 0.6 is 0 Å². The van der Waals surface area contributed by atoms with Crippen LogP contribution in [0.25, 0.3) is 0 Å². The molecule has 1 rings (SSSR count). The quantitative estimate of drug-likeness (QED) is 0.829. The van der Waals surface area contributed by atoms with Crippen molar-refractivity contribution in [1.82, 2.24) is 9.88 Å². The van der Waals surface area contributed by atoms with Gasteiger partial charge in [0.1, 0.15) is 5.82 Å². The average molecular weight is 251 g/mol. The summed E-state index contributed by atoms with van der Waals surface area (Å²) in [5.74, 6) is 0.554. The van der Waals surface area contributed by atoms with E-state index in [4.69, 9.17) is 0 Å². The SMILES string of the molecule is CCN(CC(C)(C)O)C(=O)c1ccnc(NC)c1. The number of hydrogen-bond donors (Lipinski definition) is 2. The summed E-state index contributed by atoms with van der Waals surface area (Å²) in [5.41, 5.74) is -0.328. The van der Waals surface area contributed by atoms with Crippen molar-refractivity contribution < 1.29 is 9.90 Å². The van der Waals surface area contributed by atoms with E-state index in [1.165, 1.54) is 0 Å². The molecular formula is C13H21N3O2. The molecule has 1 aromatic heterocycles. The van der Waals surface area contributed by atoms with E-state index < -0.39 is 5.60 Å². The summed E-state index contributed by atoms with van der Waals surface area (Å²) < 4.78 is 0. The Labute approximate surface area is 108 Å². The lowest BCUT2D eigenvalue weighted by molar-refractivity contribution is 0.0314. The maximum atomic E-state index is 12.3. The molecule has 0 saturated heterocycles. The molecule has 0 fully saturated rings. The van der Waals surface area contributed by atoms with Gasteiger partial charge < -0.3 is 15.3 Å². The van der Waals surface area contributed by atoms with Gasteiger partial charge in [-0.1, -0.05) is 0 Å².